The van der Waals surface area contributed by atoms with Gasteiger partial charge in [0.25, 0.3) is 0 Å². The fraction of sp³-hybridized carbons (Fsp3) is 0.200. The van der Waals surface area contributed by atoms with E-state index < -0.39 is 0 Å². The Morgan fingerprint density at radius 3 is 2.75 bits per heavy atom. The number of aromatic hydroxyl groups is 1. The number of hydrogen-bond donors (Lipinski definition) is 1. The van der Waals surface area contributed by atoms with Crippen LogP contribution in [0.25, 0.3) is 22.4 Å². The third-order valence-corrected chi connectivity index (χ3v) is 3.21. The van der Waals surface area contributed by atoms with Gasteiger partial charge in [0.2, 0.25) is 0 Å². The molecule has 0 unspecified atom stereocenters. The van der Waals surface area contributed by atoms with E-state index in [4.69, 9.17) is 0 Å². The van der Waals surface area contributed by atoms with Crippen molar-refractivity contribution in [1.82, 2.24) is 14.5 Å². The highest BCUT2D eigenvalue weighted by Crippen LogP contribution is 2.32. The number of benzene rings is 1. The summed E-state index contributed by atoms with van der Waals surface area (Å²) >= 11 is 0. The van der Waals surface area contributed by atoms with Crippen molar-refractivity contribution < 1.29 is 9.50 Å². The van der Waals surface area contributed by atoms with E-state index in [0.29, 0.717) is 16.9 Å². The van der Waals surface area contributed by atoms with Crippen molar-refractivity contribution in [1.29, 1.82) is 0 Å². The third-order valence-electron chi connectivity index (χ3n) is 3.21. The maximum atomic E-state index is 13.4. The standard InChI is InChI=1S/C15H14FN3O/c1-9(2)19-13-4-3-10(16)7-12(13)18-15(19)11-5-6-17-8-14(11)20/h3-9,20H,1-2H3. The van der Waals surface area contributed by atoms with Gasteiger partial charge in [0.1, 0.15) is 17.4 Å². The predicted molar refractivity (Wildman–Crippen MR) is 75.0 cm³/mol. The maximum absolute atomic E-state index is 13.4. The minimum Gasteiger partial charge on any atom is -0.506 e. The van der Waals surface area contributed by atoms with Crippen LogP contribution in [0.5, 0.6) is 5.75 Å². The monoisotopic (exact) mass is 271 g/mol. The number of fused-ring (bicyclic) bond motifs is 1. The molecule has 3 rings (SSSR count). The summed E-state index contributed by atoms with van der Waals surface area (Å²) in [4.78, 5) is 8.33. The van der Waals surface area contributed by atoms with Gasteiger partial charge in [-0.1, -0.05) is 0 Å². The Kier molecular flexibility index (Phi) is 2.89. The molecule has 1 N–H and O–H groups in total. The van der Waals surface area contributed by atoms with Crippen LogP contribution in [0.15, 0.2) is 36.7 Å². The van der Waals surface area contributed by atoms with Crippen LogP contribution >= 0.6 is 0 Å². The minimum atomic E-state index is -0.323. The average molecular weight is 271 g/mol. The normalized spacial score (nSPS) is 11.4. The van der Waals surface area contributed by atoms with Gasteiger partial charge in [-0.2, -0.15) is 0 Å². The highest BCUT2D eigenvalue weighted by molar-refractivity contribution is 5.82. The second-order valence-electron chi connectivity index (χ2n) is 4.93. The van der Waals surface area contributed by atoms with E-state index in [0.717, 1.165) is 5.52 Å². The van der Waals surface area contributed by atoms with Crippen LogP contribution in [0.1, 0.15) is 19.9 Å². The summed E-state index contributed by atoms with van der Waals surface area (Å²) in [6.45, 7) is 4.04. The van der Waals surface area contributed by atoms with E-state index >= 15 is 0 Å². The van der Waals surface area contributed by atoms with Crippen molar-refractivity contribution in [2.45, 2.75) is 19.9 Å². The van der Waals surface area contributed by atoms with Gasteiger partial charge in [-0.3, -0.25) is 4.98 Å². The second kappa shape index (κ2) is 4.59. The molecule has 0 atom stereocenters. The van der Waals surface area contributed by atoms with Crippen molar-refractivity contribution in [2.75, 3.05) is 0 Å². The number of pyridine rings is 1. The van der Waals surface area contributed by atoms with Crippen LogP contribution < -0.4 is 0 Å². The number of aromatic nitrogens is 3. The van der Waals surface area contributed by atoms with Gasteiger partial charge >= 0.3 is 0 Å². The van der Waals surface area contributed by atoms with E-state index in [-0.39, 0.29) is 17.6 Å². The number of hydrogen-bond acceptors (Lipinski definition) is 3. The lowest BCUT2D eigenvalue weighted by atomic mass is 10.2. The van der Waals surface area contributed by atoms with Gasteiger partial charge in [0.15, 0.2) is 0 Å². The van der Waals surface area contributed by atoms with Crippen LogP contribution in [0.4, 0.5) is 4.39 Å². The number of imidazole rings is 1. The molecule has 5 heteroatoms. The van der Waals surface area contributed by atoms with E-state index in [9.17, 15) is 9.50 Å². The molecule has 0 amide bonds. The highest BCUT2D eigenvalue weighted by atomic mass is 19.1. The highest BCUT2D eigenvalue weighted by Gasteiger charge is 2.17. The van der Waals surface area contributed by atoms with Crippen LogP contribution in [-0.2, 0) is 0 Å². The first-order valence-corrected chi connectivity index (χ1v) is 6.39. The topological polar surface area (TPSA) is 50.9 Å². The number of rotatable bonds is 2. The van der Waals surface area contributed by atoms with Gasteiger partial charge in [0.05, 0.1) is 22.8 Å². The van der Waals surface area contributed by atoms with Crippen LogP contribution in [0.3, 0.4) is 0 Å². The molecule has 0 saturated heterocycles. The summed E-state index contributed by atoms with van der Waals surface area (Å²) in [6, 6.07) is 6.35. The molecular weight excluding hydrogens is 257 g/mol. The molecule has 0 spiro atoms. The molecule has 1 aromatic carbocycles. The van der Waals surface area contributed by atoms with Crippen LogP contribution in [0, 0.1) is 5.82 Å². The Morgan fingerprint density at radius 2 is 2.05 bits per heavy atom. The molecular formula is C15H14FN3O. The van der Waals surface area contributed by atoms with Gasteiger partial charge in [-0.05, 0) is 32.0 Å². The molecule has 0 bridgehead atoms. The van der Waals surface area contributed by atoms with E-state index in [1.54, 1.807) is 18.3 Å². The molecule has 2 aromatic heterocycles. The molecule has 0 aliphatic rings. The predicted octanol–water partition coefficient (Wildman–Crippen LogP) is 3.52. The Bertz CT molecular complexity index is 780. The Hall–Kier alpha value is -2.43. The smallest absolute Gasteiger partial charge is 0.145 e. The molecule has 2 heterocycles. The molecule has 20 heavy (non-hydrogen) atoms. The summed E-state index contributed by atoms with van der Waals surface area (Å²) in [5, 5.41) is 9.96. The van der Waals surface area contributed by atoms with Crippen LogP contribution in [0.2, 0.25) is 0 Å². The number of nitrogens with zero attached hydrogens (tertiary/aromatic N) is 3. The third kappa shape index (κ3) is 1.91. The van der Waals surface area contributed by atoms with Gasteiger partial charge < -0.3 is 9.67 Å². The van der Waals surface area contributed by atoms with Crippen molar-refractivity contribution in [3.05, 3.63) is 42.5 Å². The first-order chi connectivity index (χ1) is 9.58. The minimum absolute atomic E-state index is 0.0604. The zero-order valence-corrected chi connectivity index (χ0v) is 11.2. The average Bonchev–Trinajstić information content (AvgIpc) is 2.77. The van der Waals surface area contributed by atoms with E-state index in [2.05, 4.69) is 9.97 Å². The van der Waals surface area contributed by atoms with Gasteiger partial charge in [-0.25, -0.2) is 9.37 Å². The molecule has 0 fully saturated rings. The van der Waals surface area contributed by atoms with Gasteiger partial charge in [0, 0.05) is 18.3 Å². The fourth-order valence-electron chi connectivity index (χ4n) is 2.36. The van der Waals surface area contributed by atoms with Crippen molar-refractivity contribution in [3.8, 4) is 17.1 Å². The molecule has 4 nitrogen and oxygen atoms in total. The summed E-state index contributed by atoms with van der Waals surface area (Å²) < 4.78 is 15.3. The molecule has 102 valence electrons. The van der Waals surface area contributed by atoms with Crippen molar-refractivity contribution in [2.24, 2.45) is 0 Å². The Morgan fingerprint density at radius 1 is 1.25 bits per heavy atom. The van der Waals surface area contributed by atoms with E-state index in [1.165, 1.54) is 18.3 Å². The zero-order chi connectivity index (χ0) is 14.3. The number of halogens is 1. The summed E-state index contributed by atoms with van der Waals surface area (Å²) in [5.41, 5.74) is 2.00. The lowest BCUT2D eigenvalue weighted by Crippen LogP contribution is -2.03. The molecule has 3 aromatic rings. The molecule has 0 radical (unpaired) electrons. The first-order valence-electron chi connectivity index (χ1n) is 6.39. The SMILES string of the molecule is CC(C)n1c(-c2ccncc2O)nc2cc(F)ccc21. The summed E-state index contributed by atoms with van der Waals surface area (Å²) in [7, 11) is 0. The largest absolute Gasteiger partial charge is 0.506 e. The van der Waals surface area contributed by atoms with Crippen LogP contribution in [-0.4, -0.2) is 19.6 Å². The summed E-state index contributed by atoms with van der Waals surface area (Å²) in [6.07, 6.45) is 2.97. The lowest BCUT2D eigenvalue weighted by molar-refractivity contribution is 0.473. The second-order valence-corrected chi connectivity index (χ2v) is 4.93. The Labute approximate surface area is 115 Å². The molecule has 0 aliphatic carbocycles. The maximum Gasteiger partial charge on any atom is 0.145 e. The zero-order valence-electron chi connectivity index (χ0n) is 11.2. The first kappa shape index (κ1) is 12.6. The fourth-order valence-corrected chi connectivity index (χ4v) is 2.36. The van der Waals surface area contributed by atoms with Crippen molar-refractivity contribution >= 4 is 11.0 Å². The van der Waals surface area contributed by atoms with Crippen molar-refractivity contribution in [3.63, 3.8) is 0 Å². The summed E-state index contributed by atoms with van der Waals surface area (Å²) in [5.74, 6) is 0.349. The molecule has 0 aliphatic heterocycles. The Balaban J connectivity index is 2.35. The quantitative estimate of drug-likeness (QED) is 0.775. The lowest BCUT2D eigenvalue weighted by Gasteiger charge is -2.13. The van der Waals surface area contributed by atoms with E-state index in [1.807, 2.05) is 18.4 Å². The molecule has 0 saturated carbocycles. The van der Waals surface area contributed by atoms with Gasteiger partial charge in [-0.15, -0.1) is 0 Å².